The Kier molecular flexibility index (Phi) is 8.75. The third-order valence-corrected chi connectivity index (χ3v) is 8.53. The second kappa shape index (κ2) is 12.4. The van der Waals surface area contributed by atoms with Crippen LogP contribution < -0.4 is 14.4 Å². The number of hydrogen-bond acceptors (Lipinski definition) is 5. The van der Waals surface area contributed by atoms with Crippen LogP contribution in [0.1, 0.15) is 69.1 Å². The Balaban J connectivity index is 1.45. The normalized spacial score (nSPS) is 19.1. The number of aryl methyl sites for hydroxylation is 1. The number of hydrogen-bond donors (Lipinski definition) is 0. The topological polar surface area (TPSA) is 62.3 Å². The molecule has 5 rings (SSSR count). The fourth-order valence-corrected chi connectivity index (χ4v) is 6.28. The Morgan fingerprint density at radius 3 is 2.51 bits per heavy atom. The van der Waals surface area contributed by atoms with Crippen molar-refractivity contribution in [1.82, 2.24) is 9.80 Å². The SMILES string of the molecule is Cc1cccc2c1N(C(=O)C1CCCCC1)CCCN(C(C)C)CCN(C(=O)Cc1ccc3c(c1)OCO3)C2. The number of carbonyl (C=O) groups excluding carboxylic acids is 2. The Hall–Kier alpha value is -3.06. The predicted molar refractivity (Wildman–Crippen MR) is 153 cm³/mol. The molecule has 7 nitrogen and oxygen atoms in total. The van der Waals surface area contributed by atoms with E-state index in [0.717, 1.165) is 73.3 Å². The van der Waals surface area contributed by atoms with Crippen molar-refractivity contribution in [1.29, 1.82) is 0 Å². The van der Waals surface area contributed by atoms with E-state index in [9.17, 15) is 9.59 Å². The maximum Gasteiger partial charge on any atom is 0.231 e. The van der Waals surface area contributed by atoms with Crippen molar-refractivity contribution in [2.24, 2.45) is 5.92 Å². The largest absolute Gasteiger partial charge is 0.454 e. The fourth-order valence-electron chi connectivity index (χ4n) is 6.28. The van der Waals surface area contributed by atoms with Gasteiger partial charge in [0.05, 0.1) is 12.1 Å². The zero-order valence-electron chi connectivity index (χ0n) is 23.8. The molecule has 0 radical (unpaired) electrons. The molecule has 0 spiro atoms. The summed E-state index contributed by atoms with van der Waals surface area (Å²) in [6.07, 6.45) is 6.66. The molecule has 7 heteroatoms. The molecule has 0 N–H and O–H groups in total. The van der Waals surface area contributed by atoms with Crippen molar-refractivity contribution >= 4 is 17.5 Å². The summed E-state index contributed by atoms with van der Waals surface area (Å²) in [5, 5.41) is 0. The van der Waals surface area contributed by atoms with E-state index in [1.807, 2.05) is 23.1 Å². The summed E-state index contributed by atoms with van der Waals surface area (Å²) in [5.41, 5.74) is 4.07. The third kappa shape index (κ3) is 6.40. The first-order chi connectivity index (χ1) is 18.9. The number of rotatable bonds is 4. The van der Waals surface area contributed by atoms with Crippen LogP contribution in [0.4, 0.5) is 5.69 Å². The van der Waals surface area contributed by atoms with Gasteiger partial charge in [-0.15, -0.1) is 0 Å². The van der Waals surface area contributed by atoms with Crippen molar-refractivity contribution in [2.45, 2.75) is 78.3 Å². The molecule has 2 aliphatic heterocycles. The first-order valence-electron chi connectivity index (χ1n) is 14.7. The standard InChI is InChI=1S/C32H43N3O4/c1-23(2)33-15-8-16-35(32(37)26-10-5-4-6-11-26)31-24(3)9-7-12-27(31)21-34(18-17-33)30(36)20-25-13-14-28-29(19-25)39-22-38-28/h7,9,12-14,19,23,26H,4-6,8,10-11,15-18,20-22H2,1-3H3. The number of fused-ring (bicyclic) bond motifs is 2. The van der Waals surface area contributed by atoms with E-state index in [1.54, 1.807) is 0 Å². The highest BCUT2D eigenvalue weighted by Gasteiger charge is 2.30. The molecule has 3 aliphatic rings. The first-order valence-corrected chi connectivity index (χ1v) is 14.7. The van der Waals surface area contributed by atoms with Gasteiger partial charge in [-0.1, -0.05) is 43.5 Å². The number of para-hydroxylation sites is 1. The minimum absolute atomic E-state index is 0.0782. The lowest BCUT2D eigenvalue weighted by molar-refractivity contribution is -0.131. The van der Waals surface area contributed by atoms with E-state index in [-0.39, 0.29) is 24.5 Å². The van der Waals surface area contributed by atoms with Crippen LogP contribution in [0.2, 0.25) is 0 Å². The number of benzene rings is 2. The molecule has 0 aromatic heterocycles. The van der Waals surface area contributed by atoms with Gasteiger partial charge in [0.2, 0.25) is 18.6 Å². The summed E-state index contributed by atoms with van der Waals surface area (Å²) in [5.74, 6) is 1.86. The Morgan fingerprint density at radius 1 is 0.923 bits per heavy atom. The van der Waals surface area contributed by atoms with E-state index >= 15 is 0 Å². The van der Waals surface area contributed by atoms with Gasteiger partial charge < -0.3 is 19.3 Å². The van der Waals surface area contributed by atoms with Crippen molar-refractivity contribution in [3.63, 3.8) is 0 Å². The van der Waals surface area contributed by atoms with Crippen molar-refractivity contribution in [2.75, 3.05) is 37.9 Å². The van der Waals surface area contributed by atoms with Gasteiger partial charge in [-0.3, -0.25) is 14.5 Å². The summed E-state index contributed by atoms with van der Waals surface area (Å²) in [4.78, 5) is 34.3. The smallest absolute Gasteiger partial charge is 0.231 e. The number of carbonyl (C=O) groups is 2. The van der Waals surface area contributed by atoms with Crippen LogP contribution in [0.5, 0.6) is 11.5 Å². The molecule has 2 heterocycles. The molecule has 2 aromatic rings. The third-order valence-electron chi connectivity index (χ3n) is 8.53. The first kappa shape index (κ1) is 27.5. The van der Waals surface area contributed by atoms with E-state index < -0.39 is 0 Å². The zero-order chi connectivity index (χ0) is 27.4. The summed E-state index contributed by atoms with van der Waals surface area (Å²) in [7, 11) is 0. The van der Waals surface area contributed by atoms with E-state index in [2.05, 4.69) is 48.8 Å². The zero-order valence-corrected chi connectivity index (χ0v) is 23.8. The Bertz CT molecular complexity index is 1170. The highest BCUT2D eigenvalue weighted by atomic mass is 16.7. The van der Waals surface area contributed by atoms with Gasteiger partial charge in [-0.25, -0.2) is 0 Å². The quantitative estimate of drug-likeness (QED) is 0.532. The molecule has 210 valence electrons. The second-order valence-corrected chi connectivity index (χ2v) is 11.6. The van der Waals surface area contributed by atoms with E-state index in [4.69, 9.17) is 9.47 Å². The average molecular weight is 534 g/mol. The highest BCUT2D eigenvalue weighted by Crippen LogP contribution is 2.34. The summed E-state index contributed by atoms with van der Waals surface area (Å²) in [6.45, 7) is 10.3. The van der Waals surface area contributed by atoms with Gasteiger partial charge in [0.25, 0.3) is 0 Å². The lowest BCUT2D eigenvalue weighted by atomic mass is 9.87. The molecule has 0 saturated heterocycles. The predicted octanol–water partition coefficient (Wildman–Crippen LogP) is 5.32. The van der Waals surface area contributed by atoms with Crippen LogP contribution in [0, 0.1) is 12.8 Å². The van der Waals surface area contributed by atoms with E-state index in [0.29, 0.717) is 37.8 Å². The fraction of sp³-hybridized carbons (Fsp3) is 0.562. The number of nitrogens with zero attached hydrogens (tertiary/aromatic N) is 3. The number of anilines is 1. The van der Waals surface area contributed by atoms with Crippen molar-refractivity contribution in [3.8, 4) is 11.5 Å². The summed E-state index contributed by atoms with van der Waals surface area (Å²) in [6, 6.07) is 12.4. The lowest BCUT2D eigenvalue weighted by Gasteiger charge is -2.33. The molecule has 0 unspecified atom stereocenters. The molecule has 1 aliphatic carbocycles. The van der Waals surface area contributed by atoms with Gasteiger partial charge >= 0.3 is 0 Å². The molecule has 1 saturated carbocycles. The van der Waals surface area contributed by atoms with Gasteiger partial charge in [0.15, 0.2) is 11.5 Å². The molecular weight excluding hydrogens is 490 g/mol. The molecule has 2 aromatic carbocycles. The van der Waals surface area contributed by atoms with Crippen LogP contribution in [-0.4, -0.2) is 60.6 Å². The minimum Gasteiger partial charge on any atom is -0.454 e. The summed E-state index contributed by atoms with van der Waals surface area (Å²) < 4.78 is 11.0. The second-order valence-electron chi connectivity index (χ2n) is 11.6. The Morgan fingerprint density at radius 2 is 1.72 bits per heavy atom. The van der Waals surface area contributed by atoms with Crippen LogP contribution in [0.25, 0.3) is 0 Å². The van der Waals surface area contributed by atoms with Crippen LogP contribution in [0.15, 0.2) is 36.4 Å². The maximum atomic E-state index is 14.0. The Labute approximate surface area is 233 Å². The average Bonchev–Trinajstić information content (AvgIpc) is 3.39. The van der Waals surface area contributed by atoms with Gasteiger partial charge in [0.1, 0.15) is 0 Å². The van der Waals surface area contributed by atoms with Crippen LogP contribution in [-0.2, 0) is 22.6 Å². The van der Waals surface area contributed by atoms with Crippen LogP contribution >= 0.6 is 0 Å². The molecule has 2 amide bonds. The van der Waals surface area contributed by atoms with Gasteiger partial charge in [-0.05, 0) is 68.9 Å². The van der Waals surface area contributed by atoms with Crippen LogP contribution in [0.3, 0.4) is 0 Å². The molecule has 39 heavy (non-hydrogen) atoms. The molecule has 0 atom stereocenters. The minimum atomic E-state index is 0.0782. The van der Waals surface area contributed by atoms with Crippen molar-refractivity contribution < 1.29 is 19.1 Å². The maximum absolute atomic E-state index is 14.0. The molecular formula is C32H43N3O4. The molecule has 1 fully saturated rings. The van der Waals surface area contributed by atoms with Gasteiger partial charge in [0, 0.05) is 44.7 Å². The van der Waals surface area contributed by atoms with E-state index in [1.165, 1.54) is 6.42 Å². The lowest BCUT2D eigenvalue weighted by Crippen LogP contribution is -2.42. The highest BCUT2D eigenvalue weighted by molar-refractivity contribution is 5.96. The molecule has 0 bridgehead atoms. The summed E-state index contributed by atoms with van der Waals surface area (Å²) >= 11 is 0. The van der Waals surface area contributed by atoms with Crippen molar-refractivity contribution in [3.05, 3.63) is 53.1 Å². The number of ether oxygens (including phenoxy) is 2. The monoisotopic (exact) mass is 533 g/mol. The number of amides is 2. The van der Waals surface area contributed by atoms with Gasteiger partial charge in [-0.2, -0.15) is 0 Å².